The lowest BCUT2D eigenvalue weighted by atomic mass is 10.2. The fourth-order valence-electron chi connectivity index (χ4n) is 1.23. The normalized spacial score (nSPS) is 9.84. The van der Waals surface area contributed by atoms with E-state index in [2.05, 4.69) is 0 Å². The molecule has 0 aromatic carbocycles. The molecule has 3 amide bonds. The van der Waals surface area contributed by atoms with Crippen molar-refractivity contribution in [1.82, 2.24) is 10.4 Å². The number of nitrogens with one attached hydrogen (secondary N) is 1. The number of carbonyl (C=O) groups is 3. The van der Waals surface area contributed by atoms with Crippen molar-refractivity contribution in [3.63, 3.8) is 0 Å². The minimum Gasteiger partial charge on any atom is -0.448 e. The van der Waals surface area contributed by atoms with Gasteiger partial charge in [0.1, 0.15) is 0 Å². The number of nitrogens with zero attached hydrogens (tertiary/aromatic N) is 1. The van der Waals surface area contributed by atoms with Gasteiger partial charge in [0.2, 0.25) is 11.8 Å². The van der Waals surface area contributed by atoms with Crippen LogP contribution in [0.4, 0.5) is 4.79 Å². The minimum atomic E-state index is -0.849. The number of hydrogen-bond acceptors (Lipinski definition) is 6. The number of unbranched alkanes of at least 4 members (excludes halogenated alkanes) is 2. The average Bonchev–Trinajstić information content (AvgIpc) is 2.42. The summed E-state index contributed by atoms with van der Waals surface area (Å²) in [5.41, 5.74) is 1.99. The number of amides is 3. The number of carbonyl (C=O) groups excluding carboxylic acids is 3. The molecule has 0 aliphatic rings. The summed E-state index contributed by atoms with van der Waals surface area (Å²) in [4.78, 5) is 33.6. The quantitative estimate of drug-likeness (QED) is 0.250. The van der Waals surface area contributed by atoms with Gasteiger partial charge < -0.3 is 4.74 Å². The van der Waals surface area contributed by atoms with Gasteiger partial charge in [-0.3, -0.25) is 15.0 Å². The number of rotatable bonds is 8. The molecule has 0 unspecified atom stereocenters. The van der Waals surface area contributed by atoms with Crippen LogP contribution in [0.25, 0.3) is 0 Å². The molecule has 8 heteroatoms. The first kappa shape index (κ1) is 17.3. The van der Waals surface area contributed by atoms with Crippen LogP contribution in [0.5, 0.6) is 0 Å². The smallest absolute Gasteiger partial charge is 0.431 e. The Kier molecular flexibility index (Phi) is 9.37. The summed E-state index contributed by atoms with van der Waals surface area (Å²) in [6.45, 7) is 2.20. The maximum atomic E-state index is 11.5. The van der Waals surface area contributed by atoms with Crippen LogP contribution >= 0.6 is 0 Å². The molecule has 19 heavy (non-hydrogen) atoms. The second-order valence-corrected chi connectivity index (χ2v) is 4.01. The molecule has 8 nitrogen and oxygen atoms in total. The van der Waals surface area contributed by atoms with E-state index >= 15 is 0 Å². The highest BCUT2D eigenvalue weighted by atomic mass is 16.6. The molecule has 0 saturated carbocycles. The monoisotopic (exact) mass is 274 g/mol. The highest BCUT2D eigenvalue weighted by Crippen LogP contribution is 2.03. The van der Waals surface area contributed by atoms with E-state index in [1.165, 1.54) is 0 Å². The summed E-state index contributed by atoms with van der Waals surface area (Å²) in [5.74, 6) is 9.40. The highest BCUT2D eigenvalue weighted by molar-refractivity contribution is 5.91. The lowest BCUT2D eigenvalue weighted by Crippen LogP contribution is -2.43. The van der Waals surface area contributed by atoms with Crippen molar-refractivity contribution in [2.45, 2.75) is 45.4 Å². The zero-order valence-corrected chi connectivity index (χ0v) is 11.2. The van der Waals surface area contributed by atoms with Gasteiger partial charge in [0.15, 0.2) is 0 Å². The summed E-state index contributed by atoms with van der Waals surface area (Å²) in [6.07, 6.45) is 2.01. The highest BCUT2D eigenvalue weighted by Gasteiger charge is 2.18. The minimum absolute atomic E-state index is 0.0806. The first-order valence-corrected chi connectivity index (χ1v) is 6.26. The molecule has 0 aliphatic heterocycles. The lowest BCUT2D eigenvalue weighted by molar-refractivity contribution is -0.130. The van der Waals surface area contributed by atoms with Crippen molar-refractivity contribution in [3.8, 4) is 0 Å². The van der Waals surface area contributed by atoms with Gasteiger partial charge in [0, 0.05) is 12.8 Å². The van der Waals surface area contributed by atoms with Gasteiger partial charge in [-0.05, 0) is 19.3 Å². The molecule has 0 aromatic heterocycles. The van der Waals surface area contributed by atoms with Gasteiger partial charge in [-0.1, -0.05) is 13.3 Å². The Balaban J connectivity index is 3.80. The van der Waals surface area contributed by atoms with Gasteiger partial charge in [-0.15, -0.1) is 0 Å². The summed E-state index contributed by atoms with van der Waals surface area (Å²) in [6, 6.07) is 0. The van der Waals surface area contributed by atoms with Crippen molar-refractivity contribution in [2.24, 2.45) is 11.7 Å². The van der Waals surface area contributed by atoms with E-state index in [9.17, 15) is 14.4 Å². The fraction of sp³-hybridized carbons (Fsp3) is 0.727. The van der Waals surface area contributed by atoms with E-state index < -0.39 is 12.0 Å². The molecule has 0 fully saturated rings. The Morgan fingerprint density at radius 2 is 1.79 bits per heavy atom. The van der Waals surface area contributed by atoms with Crippen LogP contribution < -0.4 is 17.1 Å². The number of hydrazine groups is 2. The molecule has 0 saturated heterocycles. The van der Waals surface area contributed by atoms with Gasteiger partial charge in [-0.2, -0.15) is 5.01 Å². The molecule has 0 radical (unpaired) electrons. The third-order valence-electron chi connectivity index (χ3n) is 2.39. The van der Waals surface area contributed by atoms with E-state index in [0.29, 0.717) is 17.9 Å². The lowest BCUT2D eigenvalue weighted by Gasteiger charge is -2.14. The first-order valence-electron chi connectivity index (χ1n) is 6.26. The molecule has 0 aliphatic carbocycles. The summed E-state index contributed by atoms with van der Waals surface area (Å²) in [7, 11) is 0. The Morgan fingerprint density at radius 3 is 2.37 bits per heavy atom. The second kappa shape index (κ2) is 10.3. The zero-order chi connectivity index (χ0) is 14.7. The van der Waals surface area contributed by atoms with Crippen LogP contribution in [-0.2, 0) is 14.3 Å². The molecule has 0 spiro atoms. The second-order valence-electron chi connectivity index (χ2n) is 4.01. The van der Waals surface area contributed by atoms with Crippen LogP contribution in [0.1, 0.15) is 45.4 Å². The van der Waals surface area contributed by atoms with Crippen LogP contribution in [0, 0.1) is 0 Å². The van der Waals surface area contributed by atoms with E-state index in [0.717, 1.165) is 12.8 Å². The molecular formula is C11H22N4O4. The van der Waals surface area contributed by atoms with E-state index in [1.807, 2.05) is 12.3 Å². The van der Waals surface area contributed by atoms with Gasteiger partial charge in [0.25, 0.3) is 0 Å². The largest absolute Gasteiger partial charge is 0.448 e. The number of ether oxygens (including phenoxy) is 1. The van der Waals surface area contributed by atoms with Crippen LogP contribution in [-0.4, -0.2) is 29.5 Å². The number of imide groups is 1. The number of nitrogens with two attached hydrogens (primary N) is 2. The molecule has 5 N–H and O–H groups in total. The Bertz CT molecular complexity index is 309. The fourth-order valence-corrected chi connectivity index (χ4v) is 1.23. The van der Waals surface area contributed by atoms with Crippen molar-refractivity contribution in [2.75, 3.05) is 6.61 Å². The van der Waals surface area contributed by atoms with Crippen LogP contribution in [0.3, 0.4) is 0 Å². The maximum Gasteiger partial charge on any atom is 0.431 e. The zero-order valence-electron chi connectivity index (χ0n) is 11.2. The molecule has 0 heterocycles. The predicted octanol–water partition coefficient (Wildman–Crippen LogP) is 0.176. The summed E-state index contributed by atoms with van der Waals surface area (Å²) >= 11 is 0. The molecule has 0 rings (SSSR count). The third-order valence-corrected chi connectivity index (χ3v) is 2.39. The Morgan fingerprint density at radius 1 is 1.16 bits per heavy atom. The van der Waals surface area contributed by atoms with Crippen molar-refractivity contribution < 1.29 is 19.1 Å². The first-order chi connectivity index (χ1) is 9.02. The van der Waals surface area contributed by atoms with Crippen molar-refractivity contribution in [1.29, 1.82) is 0 Å². The topological polar surface area (TPSA) is 128 Å². The average molecular weight is 274 g/mol. The third kappa shape index (κ3) is 8.11. The van der Waals surface area contributed by atoms with E-state index in [1.54, 1.807) is 0 Å². The molecule has 110 valence electrons. The van der Waals surface area contributed by atoms with Gasteiger partial charge in [0.05, 0.1) is 6.61 Å². The molecular weight excluding hydrogens is 252 g/mol. The van der Waals surface area contributed by atoms with E-state index in [4.69, 9.17) is 16.4 Å². The van der Waals surface area contributed by atoms with Gasteiger partial charge >= 0.3 is 6.09 Å². The van der Waals surface area contributed by atoms with Gasteiger partial charge in [-0.25, -0.2) is 16.5 Å². The SMILES string of the molecule is CCCCOC(=O)N(N)C(=O)CCCCC(=O)NN. The predicted molar refractivity (Wildman–Crippen MR) is 68.1 cm³/mol. The van der Waals surface area contributed by atoms with E-state index in [-0.39, 0.29) is 25.4 Å². The van der Waals surface area contributed by atoms with Crippen molar-refractivity contribution in [3.05, 3.63) is 0 Å². The summed E-state index contributed by atoms with van der Waals surface area (Å²) < 4.78 is 4.79. The summed E-state index contributed by atoms with van der Waals surface area (Å²) in [5, 5.41) is 0.471. The van der Waals surface area contributed by atoms with Crippen LogP contribution in [0.2, 0.25) is 0 Å². The maximum absolute atomic E-state index is 11.5. The molecule has 0 bridgehead atoms. The molecule has 0 atom stereocenters. The van der Waals surface area contributed by atoms with Crippen LogP contribution in [0.15, 0.2) is 0 Å². The van der Waals surface area contributed by atoms with Crippen molar-refractivity contribution >= 4 is 17.9 Å². The number of hydrogen-bond donors (Lipinski definition) is 3. The Labute approximate surface area is 112 Å². The Hall–Kier alpha value is -1.67. The molecule has 0 aromatic rings. The standard InChI is InChI=1S/C11H22N4O4/c1-2-3-8-19-11(18)15(13)10(17)7-5-4-6-9(16)14-12/h2-8,12-13H2,1H3,(H,14,16).